The smallest absolute Gasteiger partial charge is 0.326 e. The third-order valence-corrected chi connectivity index (χ3v) is 5.01. The van der Waals surface area contributed by atoms with Crippen LogP contribution in [0.25, 0.3) is 0 Å². The zero-order valence-electron chi connectivity index (χ0n) is 13.7. The van der Waals surface area contributed by atoms with Crippen LogP contribution in [0, 0.1) is 0 Å². The fourth-order valence-corrected chi connectivity index (χ4v) is 3.66. The number of hydrogen-bond acceptors (Lipinski definition) is 5. The van der Waals surface area contributed by atoms with Gasteiger partial charge in [-0.25, -0.2) is 0 Å². The van der Waals surface area contributed by atoms with Crippen molar-refractivity contribution in [3.05, 3.63) is 0 Å². The molecule has 3 unspecified atom stereocenters. The summed E-state index contributed by atoms with van der Waals surface area (Å²) >= 11 is 0. The lowest BCUT2D eigenvalue weighted by Gasteiger charge is -2.42. The summed E-state index contributed by atoms with van der Waals surface area (Å²) in [5.41, 5.74) is -0.510. The second kappa shape index (κ2) is 7.56. The first-order valence-corrected chi connectivity index (χ1v) is 8.29. The maximum absolute atomic E-state index is 12.3. The highest BCUT2D eigenvalue weighted by molar-refractivity contribution is 5.81. The number of rotatable bonds is 6. The van der Waals surface area contributed by atoms with Crippen LogP contribution in [0.2, 0.25) is 0 Å². The van der Waals surface area contributed by atoms with E-state index in [1.165, 1.54) is 6.42 Å². The van der Waals surface area contributed by atoms with Crippen LogP contribution in [-0.2, 0) is 14.3 Å². The molecule has 0 spiro atoms. The number of carbonyl (C=O) groups excluding carboxylic acids is 1. The van der Waals surface area contributed by atoms with Gasteiger partial charge in [-0.15, -0.1) is 0 Å². The minimum Gasteiger partial charge on any atom is -0.465 e. The third kappa shape index (κ3) is 3.96. The first-order chi connectivity index (χ1) is 10.1. The van der Waals surface area contributed by atoms with Crippen molar-refractivity contribution in [2.45, 2.75) is 63.1 Å². The Labute approximate surface area is 128 Å². The molecule has 0 aromatic heterocycles. The van der Waals surface area contributed by atoms with Crippen molar-refractivity contribution in [3.63, 3.8) is 0 Å². The van der Waals surface area contributed by atoms with Crippen LogP contribution >= 0.6 is 0 Å². The number of carbonyl (C=O) groups is 1. The van der Waals surface area contributed by atoms with Crippen LogP contribution in [-0.4, -0.2) is 62.4 Å². The van der Waals surface area contributed by atoms with E-state index in [4.69, 9.17) is 9.47 Å². The molecule has 0 aromatic rings. The van der Waals surface area contributed by atoms with E-state index in [9.17, 15) is 4.79 Å². The summed E-state index contributed by atoms with van der Waals surface area (Å²) in [6.07, 6.45) is 6.59. The quantitative estimate of drug-likeness (QED) is 0.754. The summed E-state index contributed by atoms with van der Waals surface area (Å²) in [5.74, 6) is -0.0947. The summed E-state index contributed by atoms with van der Waals surface area (Å²) in [6.45, 7) is 4.17. The molecule has 5 heteroatoms. The molecule has 0 bridgehead atoms. The zero-order chi connectivity index (χ0) is 15.3. The molecule has 2 fully saturated rings. The monoisotopic (exact) mass is 298 g/mol. The second-order valence-corrected chi connectivity index (χ2v) is 6.38. The van der Waals surface area contributed by atoms with Gasteiger partial charge in [-0.05, 0) is 59.5 Å². The van der Waals surface area contributed by atoms with Crippen LogP contribution in [0.4, 0.5) is 0 Å². The number of nitrogens with one attached hydrogen (secondary N) is 1. The molecule has 5 nitrogen and oxygen atoms in total. The number of likely N-dealkylation sites (N-methyl/N-ethyl adjacent to an activating group) is 2. The fraction of sp³-hybridized carbons (Fsp3) is 0.938. The van der Waals surface area contributed by atoms with E-state index >= 15 is 0 Å². The minimum absolute atomic E-state index is 0.0947. The highest BCUT2D eigenvalue weighted by Crippen LogP contribution is 2.32. The Morgan fingerprint density at radius 2 is 2.24 bits per heavy atom. The number of ether oxygens (including phenoxy) is 2. The van der Waals surface area contributed by atoms with Gasteiger partial charge in [-0.2, -0.15) is 0 Å². The maximum Gasteiger partial charge on any atom is 0.326 e. The Balaban J connectivity index is 1.95. The summed E-state index contributed by atoms with van der Waals surface area (Å²) in [5, 5.41) is 3.25. The summed E-state index contributed by atoms with van der Waals surface area (Å²) < 4.78 is 11.0. The van der Waals surface area contributed by atoms with Crippen molar-refractivity contribution in [2.75, 3.05) is 33.9 Å². The number of nitrogens with zero attached hydrogens (tertiary/aromatic N) is 1. The molecular weight excluding hydrogens is 268 g/mol. The molecule has 21 heavy (non-hydrogen) atoms. The molecule has 1 aliphatic heterocycles. The largest absolute Gasteiger partial charge is 0.465 e. The lowest BCUT2D eigenvalue weighted by atomic mass is 9.78. The third-order valence-electron chi connectivity index (χ3n) is 5.01. The first-order valence-electron chi connectivity index (χ1n) is 8.29. The standard InChI is InChI=1S/C16H30N2O3/c1-4-20-15(19)16(17-2)9-5-7-13(11-16)18(3)12-14-8-6-10-21-14/h13-14,17H,4-12H2,1-3H3. The molecule has 3 atom stereocenters. The highest BCUT2D eigenvalue weighted by atomic mass is 16.5. The molecule has 122 valence electrons. The molecule has 1 saturated heterocycles. The molecule has 0 amide bonds. The van der Waals surface area contributed by atoms with Gasteiger partial charge in [0.05, 0.1) is 12.7 Å². The van der Waals surface area contributed by atoms with Crippen molar-refractivity contribution in [1.29, 1.82) is 0 Å². The van der Waals surface area contributed by atoms with E-state index in [1.807, 2.05) is 14.0 Å². The molecule has 1 saturated carbocycles. The van der Waals surface area contributed by atoms with Crippen LogP contribution < -0.4 is 5.32 Å². The van der Waals surface area contributed by atoms with Gasteiger partial charge in [0.15, 0.2) is 0 Å². The Hall–Kier alpha value is -0.650. The topological polar surface area (TPSA) is 50.8 Å². The van der Waals surface area contributed by atoms with E-state index < -0.39 is 5.54 Å². The first kappa shape index (κ1) is 16.7. The number of hydrogen-bond donors (Lipinski definition) is 1. The van der Waals surface area contributed by atoms with Gasteiger partial charge in [-0.1, -0.05) is 0 Å². The van der Waals surface area contributed by atoms with Gasteiger partial charge in [0.25, 0.3) is 0 Å². The molecule has 2 aliphatic rings. The van der Waals surface area contributed by atoms with E-state index in [-0.39, 0.29) is 5.97 Å². The highest BCUT2D eigenvalue weighted by Gasteiger charge is 2.44. The molecule has 1 aliphatic carbocycles. The minimum atomic E-state index is -0.510. The Morgan fingerprint density at radius 1 is 1.43 bits per heavy atom. The van der Waals surface area contributed by atoms with Gasteiger partial charge < -0.3 is 19.7 Å². The van der Waals surface area contributed by atoms with E-state index in [0.29, 0.717) is 18.8 Å². The van der Waals surface area contributed by atoms with Crippen LogP contribution in [0.15, 0.2) is 0 Å². The van der Waals surface area contributed by atoms with Crippen LogP contribution in [0.3, 0.4) is 0 Å². The Bertz CT molecular complexity index is 344. The summed E-state index contributed by atoms with van der Waals surface area (Å²) in [7, 11) is 4.03. The van der Waals surface area contributed by atoms with Crippen LogP contribution in [0.5, 0.6) is 0 Å². The molecule has 0 aromatic carbocycles. The average Bonchev–Trinajstić information content (AvgIpc) is 3.00. The fourth-order valence-electron chi connectivity index (χ4n) is 3.66. The molecule has 1 heterocycles. The molecular formula is C16H30N2O3. The predicted molar refractivity (Wildman–Crippen MR) is 82.3 cm³/mol. The molecule has 1 N–H and O–H groups in total. The van der Waals surface area contributed by atoms with Crippen molar-refractivity contribution in [2.24, 2.45) is 0 Å². The molecule has 2 rings (SSSR count). The second-order valence-electron chi connectivity index (χ2n) is 6.38. The van der Waals surface area contributed by atoms with E-state index in [0.717, 1.165) is 45.3 Å². The van der Waals surface area contributed by atoms with Gasteiger partial charge >= 0.3 is 5.97 Å². The van der Waals surface area contributed by atoms with Crippen LogP contribution in [0.1, 0.15) is 45.4 Å². The Morgan fingerprint density at radius 3 is 2.86 bits per heavy atom. The SMILES string of the molecule is CCOC(=O)C1(NC)CCCC(N(C)CC2CCCO2)C1. The van der Waals surface area contributed by atoms with Gasteiger partial charge in [0.2, 0.25) is 0 Å². The van der Waals surface area contributed by atoms with E-state index in [1.54, 1.807) is 0 Å². The lowest BCUT2D eigenvalue weighted by Crippen LogP contribution is -2.57. The maximum atomic E-state index is 12.3. The van der Waals surface area contributed by atoms with Crippen molar-refractivity contribution in [3.8, 4) is 0 Å². The van der Waals surface area contributed by atoms with Gasteiger partial charge in [0, 0.05) is 19.2 Å². The van der Waals surface area contributed by atoms with Crippen molar-refractivity contribution in [1.82, 2.24) is 10.2 Å². The predicted octanol–water partition coefficient (Wildman–Crippen LogP) is 1.56. The average molecular weight is 298 g/mol. The molecule has 0 radical (unpaired) electrons. The van der Waals surface area contributed by atoms with Gasteiger partial charge in [0.1, 0.15) is 5.54 Å². The lowest BCUT2D eigenvalue weighted by molar-refractivity contribution is -0.153. The van der Waals surface area contributed by atoms with Gasteiger partial charge in [-0.3, -0.25) is 4.79 Å². The zero-order valence-corrected chi connectivity index (χ0v) is 13.7. The summed E-state index contributed by atoms with van der Waals surface area (Å²) in [4.78, 5) is 14.7. The van der Waals surface area contributed by atoms with Crippen molar-refractivity contribution < 1.29 is 14.3 Å². The number of esters is 1. The summed E-state index contributed by atoms with van der Waals surface area (Å²) in [6, 6.07) is 0.416. The normalized spacial score (nSPS) is 33.3. The Kier molecular flexibility index (Phi) is 6.02. The van der Waals surface area contributed by atoms with Crippen molar-refractivity contribution >= 4 is 5.97 Å². The van der Waals surface area contributed by atoms with E-state index in [2.05, 4.69) is 17.3 Å².